The highest BCUT2D eigenvalue weighted by Gasteiger charge is 2.11. The van der Waals surface area contributed by atoms with E-state index in [1.807, 2.05) is 26.2 Å². The van der Waals surface area contributed by atoms with Gasteiger partial charge in [0.2, 0.25) is 0 Å². The van der Waals surface area contributed by atoms with E-state index in [4.69, 9.17) is 4.74 Å². The standard InChI is InChI=1S/C15H19FN2OS/c1-4-17-10(2)14-6-5-13(7-15(14)16)19-8-12-9-20-11(3)18-12/h5-7,9-10,17H,4,8H2,1-3H3. The number of ether oxygens (including phenoxy) is 1. The topological polar surface area (TPSA) is 34.1 Å². The van der Waals surface area contributed by atoms with Crippen molar-refractivity contribution in [3.05, 3.63) is 45.7 Å². The summed E-state index contributed by atoms with van der Waals surface area (Å²) in [7, 11) is 0. The molecule has 108 valence electrons. The van der Waals surface area contributed by atoms with E-state index in [2.05, 4.69) is 10.3 Å². The summed E-state index contributed by atoms with van der Waals surface area (Å²) in [6, 6.07) is 4.99. The fourth-order valence-corrected chi connectivity index (χ4v) is 2.59. The molecule has 1 aromatic heterocycles. The number of benzene rings is 1. The van der Waals surface area contributed by atoms with Crippen LogP contribution >= 0.6 is 11.3 Å². The van der Waals surface area contributed by atoms with Gasteiger partial charge in [0, 0.05) is 23.1 Å². The lowest BCUT2D eigenvalue weighted by atomic mass is 10.1. The molecule has 1 unspecified atom stereocenters. The van der Waals surface area contributed by atoms with Crippen molar-refractivity contribution in [1.29, 1.82) is 0 Å². The molecule has 1 aromatic carbocycles. The van der Waals surface area contributed by atoms with E-state index in [9.17, 15) is 4.39 Å². The minimum absolute atomic E-state index is 0.00441. The van der Waals surface area contributed by atoms with Crippen LogP contribution in [0.2, 0.25) is 0 Å². The second kappa shape index (κ2) is 6.81. The highest BCUT2D eigenvalue weighted by atomic mass is 32.1. The van der Waals surface area contributed by atoms with Gasteiger partial charge in [-0.1, -0.05) is 13.0 Å². The van der Waals surface area contributed by atoms with Crippen LogP contribution in [-0.2, 0) is 6.61 Å². The van der Waals surface area contributed by atoms with E-state index in [0.717, 1.165) is 17.2 Å². The minimum atomic E-state index is -0.245. The second-order valence-corrected chi connectivity index (χ2v) is 5.67. The molecule has 0 aliphatic heterocycles. The van der Waals surface area contributed by atoms with Crippen molar-refractivity contribution in [3.8, 4) is 5.75 Å². The summed E-state index contributed by atoms with van der Waals surface area (Å²) < 4.78 is 19.6. The maximum Gasteiger partial charge on any atom is 0.131 e. The number of hydrogen-bond acceptors (Lipinski definition) is 4. The molecule has 3 nitrogen and oxygen atoms in total. The first kappa shape index (κ1) is 14.9. The maximum atomic E-state index is 14.0. The molecule has 0 amide bonds. The minimum Gasteiger partial charge on any atom is -0.487 e. The number of halogens is 1. The van der Waals surface area contributed by atoms with E-state index in [0.29, 0.717) is 17.9 Å². The first-order valence-electron chi connectivity index (χ1n) is 6.66. The summed E-state index contributed by atoms with van der Waals surface area (Å²) in [5.74, 6) is 0.283. The van der Waals surface area contributed by atoms with Crippen LogP contribution < -0.4 is 10.1 Å². The zero-order chi connectivity index (χ0) is 14.5. The Balaban J connectivity index is 2.01. The zero-order valence-electron chi connectivity index (χ0n) is 11.9. The molecule has 0 spiro atoms. The molecule has 0 aliphatic rings. The van der Waals surface area contributed by atoms with Crippen molar-refractivity contribution in [2.24, 2.45) is 0 Å². The van der Waals surface area contributed by atoms with Gasteiger partial charge in [0.25, 0.3) is 0 Å². The highest BCUT2D eigenvalue weighted by molar-refractivity contribution is 7.09. The molecule has 0 saturated heterocycles. The van der Waals surface area contributed by atoms with Crippen molar-refractivity contribution in [2.45, 2.75) is 33.4 Å². The molecule has 5 heteroatoms. The number of aromatic nitrogens is 1. The van der Waals surface area contributed by atoms with Crippen molar-refractivity contribution >= 4 is 11.3 Å². The van der Waals surface area contributed by atoms with Crippen LogP contribution in [0.25, 0.3) is 0 Å². The first-order chi connectivity index (χ1) is 9.60. The summed E-state index contributed by atoms with van der Waals surface area (Å²) in [5, 5.41) is 6.15. The van der Waals surface area contributed by atoms with Crippen LogP contribution in [0.5, 0.6) is 5.75 Å². The third-order valence-electron chi connectivity index (χ3n) is 3.00. The van der Waals surface area contributed by atoms with E-state index >= 15 is 0 Å². The number of aryl methyl sites for hydroxylation is 1. The molecule has 0 radical (unpaired) electrons. The van der Waals surface area contributed by atoms with Gasteiger partial charge in [-0.05, 0) is 26.5 Å². The quantitative estimate of drug-likeness (QED) is 0.879. The average Bonchev–Trinajstić information content (AvgIpc) is 2.82. The Morgan fingerprint density at radius 3 is 2.85 bits per heavy atom. The Morgan fingerprint density at radius 1 is 1.45 bits per heavy atom. The molecule has 1 N–H and O–H groups in total. The van der Waals surface area contributed by atoms with E-state index in [1.165, 1.54) is 6.07 Å². The summed E-state index contributed by atoms with van der Waals surface area (Å²) in [6.45, 7) is 7.07. The van der Waals surface area contributed by atoms with Gasteiger partial charge in [0.15, 0.2) is 0 Å². The average molecular weight is 294 g/mol. The molecule has 0 aliphatic carbocycles. The van der Waals surface area contributed by atoms with Crippen molar-refractivity contribution in [2.75, 3.05) is 6.54 Å². The third kappa shape index (κ3) is 3.77. The van der Waals surface area contributed by atoms with E-state index < -0.39 is 0 Å². The molecule has 0 saturated carbocycles. The van der Waals surface area contributed by atoms with Crippen LogP contribution in [0.1, 0.15) is 36.2 Å². The molecule has 2 rings (SSSR count). The highest BCUT2D eigenvalue weighted by Crippen LogP contribution is 2.22. The maximum absolute atomic E-state index is 14.0. The fourth-order valence-electron chi connectivity index (χ4n) is 2.00. The van der Waals surface area contributed by atoms with Gasteiger partial charge in [-0.15, -0.1) is 11.3 Å². The number of thiazole rings is 1. The SMILES string of the molecule is CCNC(C)c1ccc(OCc2csc(C)n2)cc1F. The van der Waals surface area contributed by atoms with Crippen molar-refractivity contribution in [1.82, 2.24) is 10.3 Å². The Kier molecular flexibility index (Phi) is 5.09. The number of nitrogens with zero attached hydrogens (tertiary/aromatic N) is 1. The molecule has 0 fully saturated rings. The van der Waals surface area contributed by atoms with Crippen LogP contribution in [-0.4, -0.2) is 11.5 Å². The van der Waals surface area contributed by atoms with Gasteiger partial charge in [-0.3, -0.25) is 0 Å². The normalized spacial score (nSPS) is 12.4. The van der Waals surface area contributed by atoms with E-state index in [-0.39, 0.29) is 11.9 Å². The van der Waals surface area contributed by atoms with Gasteiger partial charge in [-0.25, -0.2) is 9.37 Å². The summed E-state index contributed by atoms with van der Waals surface area (Å²) >= 11 is 1.58. The van der Waals surface area contributed by atoms with Crippen LogP contribution in [0.3, 0.4) is 0 Å². The second-order valence-electron chi connectivity index (χ2n) is 4.61. The van der Waals surface area contributed by atoms with Gasteiger partial charge in [0.05, 0.1) is 10.7 Å². The Morgan fingerprint density at radius 2 is 2.25 bits per heavy atom. The summed E-state index contributed by atoms with van der Waals surface area (Å²) in [6.07, 6.45) is 0. The van der Waals surface area contributed by atoms with Gasteiger partial charge < -0.3 is 10.1 Å². The number of rotatable bonds is 6. The lowest BCUT2D eigenvalue weighted by molar-refractivity contribution is 0.300. The molecule has 20 heavy (non-hydrogen) atoms. The molecule has 1 heterocycles. The summed E-state index contributed by atoms with van der Waals surface area (Å²) in [4.78, 5) is 4.31. The van der Waals surface area contributed by atoms with Crippen molar-refractivity contribution < 1.29 is 9.13 Å². The first-order valence-corrected chi connectivity index (χ1v) is 7.54. The Bertz CT molecular complexity index is 571. The molecule has 1 atom stereocenters. The Labute approximate surface area is 122 Å². The smallest absolute Gasteiger partial charge is 0.131 e. The van der Waals surface area contributed by atoms with Crippen LogP contribution in [0, 0.1) is 12.7 Å². The molecule has 0 bridgehead atoms. The lowest BCUT2D eigenvalue weighted by Crippen LogP contribution is -2.18. The molecular formula is C15H19FN2OS. The zero-order valence-corrected chi connectivity index (χ0v) is 12.8. The van der Waals surface area contributed by atoms with Gasteiger partial charge in [0.1, 0.15) is 18.2 Å². The predicted octanol–water partition coefficient (Wildman–Crippen LogP) is 3.84. The molecule has 2 aromatic rings. The monoisotopic (exact) mass is 294 g/mol. The van der Waals surface area contributed by atoms with Gasteiger partial charge >= 0.3 is 0 Å². The fraction of sp³-hybridized carbons (Fsp3) is 0.400. The van der Waals surface area contributed by atoms with E-state index in [1.54, 1.807) is 23.5 Å². The number of nitrogens with one attached hydrogen (secondary N) is 1. The largest absolute Gasteiger partial charge is 0.487 e. The lowest BCUT2D eigenvalue weighted by Gasteiger charge is -2.14. The van der Waals surface area contributed by atoms with Gasteiger partial charge in [-0.2, -0.15) is 0 Å². The number of hydrogen-bond donors (Lipinski definition) is 1. The summed E-state index contributed by atoms with van der Waals surface area (Å²) in [5.41, 5.74) is 1.53. The molecular weight excluding hydrogens is 275 g/mol. The Hall–Kier alpha value is -1.46. The van der Waals surface area contributed by atoms with Crippen molar-refractivity contribution in [3.63, 3.8) is 0 Å². The predicted molar refractivity (Wildman–Crippen MR) is 79.7 cm³/mol. The third-order valence-corrected chi connectivity index (χ3v) is 3.82. The van der Waals surface area contributed by atoms with Crippen LogP contribution in [0.4, 0.5) is 4.39 Å². The van der Waals surface area contributed by atoms with Crippen LogP contribution in [0.15, 0.2) is 23.6 Å².